The van der Waals surface area contributed by atoms with E-state index in [9.17, 15) is 38.0 Å². The third-order valence-corrected chi connectivity index (χ3v) is 5.71. The van der Waals surface area contributed by atoms with Crippen LogP contribution in [0.2, 0.25) is 0 Å². The molecule has 170 valence electrons. The number of carbonyl (C=O) groups is 2. The van der Waals surface area contributed by atoms with E-state index in [1.54, 1.807) is 0 Å². The first-order valence-corrected chi connectivity index (χ1v) is 10.0. The van der Waals surface area contributed by atoms with Crippen molar-refractivity contribution in [3.05, 3.63) is 75.3 Å². The fraction of sp³-hybridized carbons (Fsp3) is 0.364. The van der Waals surface area contributed by atoms with Gasteiger partial charge in [0.2, 0.25) is 0 Å². The van der Waals surface area contributed by atoms with Gasteiger partial charge in [0, 0.05) is 18.7 Å². The van der Waals surface area contributed by atoms with Gasteiger partial charge in [-0.05, 0) is 42.0 Å². The lowest BCUT2D eigenvalue weighted by Gasteiger charge is -2.35. The van der Waals surface area contributed by atoms with Crippen molar-refractivity contribution in [2.45, 2.75) is 44.4 Å². The van der Waals surface area contributed by atoms with Gasteiger partial charge in [-0.15, -0.1) is 0 Å². The summed E-state index contributed by atoms with van der Waals surface area (Å²) in [7, 11) is 0. The highest BCUT2D eigenvalue weighted by Gasteiger charge is 2.37. The van der Waals surface area contributed by atoms with E-state index in [0.29, 0.717) is 24.0 Å². The first kappa shape index (κ1) is 23.2. The number of alkyl halides is 3. The largest absolute Gasteiger partial charge is 0.474 e. The number of amides is 1. The zero-order chi connectivity index (χ0) is 23.5. The van der Waals surface area contributed by atoms with Crippen molar-refractivity contribution in [2.24, 2.45) is 5.92 Å². The van der Waals surface area contributed by atoms with Crippen LogP contribution in [0.1, 0.15) is 48.4 Å². The van der Waals surface area contributed by atoms with Crippen molar-refractivity contribution >= 4 is 17.6 Å². The Morgan fingerprint density at radius 1 is 1.06 bits per heavy atom. The first-order chi connectivity index (χ1) is 15.1. The maximum atomic E-state index is 13.0. The van der Waals surface area contributed by atoms with Crippen molar-refractivity contribution in [1.82, 2.24) is 4.90 Å². The number of nitro groups is 1. The number of benzene rings is 2. The maximum absolute atomic E-state index is 13.0. The molecule has 2 aromatic rings. The molecular weight excluding hydrogens is 429 g/mol. The van der Waals surface area contributed by atoms with Crippen LogP contribution in [0.4, 0.5) is 18.9 Å². The minimum absolute atomic E-state index is 0.118. The van der Waals surface area contributed by atoms with E-state index in [0.717, 1.165) is 29.9 Å². The van der Waals surface area contributed by atoms with Gasteiger partial charge in [-0.1, -0.05) is 37.1 Å². The Balaban J connectivity index is 2.00. The number of non-ortho nitro benzene ring substituents is 1. The molecule has 1 saturated carbocycles. The highest BCUT2D eigenvalue weighted by molar-refractivity contribution is 6.31. The zero-order valence-electron chi connectivity index (χ0n) is 16.9. The molecule has 1 atom stereocenters. The molecule has 0 aromatic heterocycles. The second-order valence-corrected chi connectivity index (χ2v) is 7.77. The van der Waals surface area contributed by atoms with Gasteiger partial charge in [-0.2, -0.15) is 13.2 Å². The van der Waals surface area contributed by atoms with E-state index in [2.05, 4.69) is 0 Å². The average molecular weight is 450 g/mol. The maximum Gasteiger partial charge on any atom is 0.416 e. The third kappa shape index (κ3) is 5.24. The van der Waals surface area contributed by atoms with E-state index in [1.165, 1.54) is 36.4 Å². The van der Waals surface area contributed by atoms with Crippen LogP contribution in [0, 0.1) is 16.0 Å². The number of carbonyl (C=O) groups excluding carboxylic acids is 1. The second kappa shape index (κ2) is 9.37. The van der Waals surface area contributed by atoms with Gasteiger partial charge < -0.3 is 10.0 Å². The molecule has 1 N–H and O–H groups in total. The molecule has 1 aliphatic carbocycles. The molecule has 10 heteroatoms. The number of nitrogens with zero attached hydrogens (tertiary/aromatic N) is 2. The van der Waals surface area contributed by atoms with Gasteiger partial charge in [0.05, 0.1) is 16.5 Å². The predicted octanol–water partition coefficient (Wildman–Crippen LogP) is 4.96. The highest BCUT2D eigenvalue weighted by atomic mass is 19.4. The van der Waals surface area contributed by atoms with Crippen LogP contribution in [0.3, 0.4) is 0 Å². The van der Waals surface area contributed by atoms with Crippen molar-refractivity contribution in [2.75, 3.05) is 0 Å². The minimum Gasteiger partial charge on any atom is -0.474 e. The SMILES string of the molecule is O=C(O)C(=O)N(Cc1ccc([N+](=O)[O-])cc1)C(c1ccc(C(F)(F)F)cc1)C1CCCC1. The topological polar surface area (TPSA) is 101 Å². The quantitative estimate of drug-likeness (QED) is 0.381. The highest BCUT2D eigenvalue weighted by Crippen LogP contribution is 2.41. The lowest BCUT2D eigenvalue weighted by atomic mass is 9.89. The molecule has 1 fully saturated rings. The van der Waals surface area contributed by atoms with Gasteiger partial charge in [0.1, 0.15) is 0 Å². The Bertz CT molecular complexity index is 984. The Hall–Kier alpha value is -3.43. The summed E-state index contributed by atoms with van der Waals surface area (Å²) in [5, 5.41) is 20.3. The molecular formula is C22H21F3N2O5. The van der Waals surface area contributed by atoms with Crippen LogP contribution in [0.25, 0.3) is 0 Å². The average Bonchev–Trinajstić information content (AvgIpc) is 3.27. The van der Waals surface area contributed by atoms with Crippen LogP contribution in [0.5, 0.6) is 0 Å². The molecule has 0 radical (unpaired) electrons. The molecule has 1 unspecified atom stereocenters. The summed E-state index contributed by atoms with van der Waals surface area (Å²) >= 11 is 0. The van der Waals surface area contributed by atoms with Crippen molar-refractivity contribution in [3.63, 3.8) is 0 Å². The van der Waals surface area contributed by atoms with Crippen molar-refractivity contribution in [1.29, 1.82) is 0 Å². The number of nitro benzene ring substituents is 1. The van der Waals surface area contributed by atoms with Crippen molar-refractivity contribution in [3.8, 4) is 0 Å². The van der Waals surface area contributed by atoms with Crippen LogP contribution in [-0.2, 0) is 22.3 Å². The van der Waals surface area contributed by atoms with Gasteiger partial charge in [0.15, 0.2) is 0 Å². The van der Waals surface area contributed by atoms with E-state index in [4.69, 9.17) is 0 Å². The number of hydrogen-bond donors (Lipinski definition) is 1. The number of halogens is 3. The molecule has 3 rings (SSSR count). The fourth-order valence-electron chi connectivity index (χ4n) is 4.19. The minimum atomic E-state index is -4.52. The normalized spacial score (nSPS) is 15.3. The molecule has 0 heterocycles. The summed E-state index contributed by atoms with van der Waals surface area (Å²) in [4.78, 5) is 35.7. The molecule has 0 spiro atoms. The summed E-state index contributed by atoms with van der Waals surface area (Å²) < 4.78 is 39.0. The number of rotatable bonds is 6. The van der Waals surface area contributed by atoms with E-state index < -0.39 is 34.6 Å². The number of hydrogen-bond acceptors (Lipinski definition) is 4. The molecule has 7 nitrogen and oxygen atoms in total. The zero-order valence-corrected chi connectivity index (χ0v) is 16.9. The molecule has 2 aromatic carbocycles. The first-order valence-electron chi connectivity index (χ1n) is 10.0. The Kier molecular flexibility index (Phi) is 6.81. The molecule has 32 heavy (non-hydrogen) atoms. The Morgan fingerprint density at radius 3 is 2.09 bits per heavy atom. The third-order valence-electron chi connectivity index (χ3n) is 5.71. The fourth-order valence-corrected chi connectivity index (χ4v) is 4.19. The number of aliphatic carboxylic acids is 1. The standard InChI is InChI=1S/C22H21F3N2O5/c23-22(24,25)17-9-7-16(8-10-17)19(15-3-1-2-4-15)26(20(28)21(29)30)13-14-5-11-18(12-6-14)27(31)32/h5-12,15,19H,1-4,13H2,(H,29,30). The predicted molar refractivity (Wildman–Crippen MR) is 107 cm³/mol. The van der Waals surface area contributed by atoms with E-state index in [1.807, 2.05) is 0 Å². The van der Waals surface area contributed by atoms with Gasteiger partial charge >= 0.3 is 18.1 Å². The van der Waals surface area contributed by atoms with Crippen LogP contribution >= 0.6 is 0 Å². The van der Waals surface area contributed by atoms with Gasteiger partial charge in [0.25, 0.3) is 5.69 Å². The lowest BCUT2D eigenvalue weighted by Crippen LogP contribution is -2.41. The van der Waals surface area contributed by atoms with Crippen LogP contribution in [0.15, 0.2) is 48.5 Å². The monoisotopic (exact) mass is 450 g/mol. The lowest BCUT2D eigenvalue weighted by molar-refractivity contribution is -0.384. The van der Waals surface area contributed by atoms with Gasteiger partial charge in [-0.3, -0.25) is 14.9 Å². The summed E-state index contributed by atoms with van der Waals surface area (Å²) in [5.74, 6) is -2.98. The second-order valence-electron chi connectivity index (χ2n) is 7.77. The number of carboxylic acids is 1. The Morgan fingerprint density at radius 2 is 1.62 bits per heavy atom. The molecule has 1 aliphatic rings. The van der Waals surface area contributed by atoms with Crippen LogP contribution < -0.4 is 0 Å². The Labute approximate surface area is 181 Å². The summed E-state index contributed by atoms with van der Waals surface area (Å²) in [5.41, 5.74) is -0.0978. The molecule has 1 amide bonds. The number of carboxylic acid groups (broad SMARTS) is 1. The summed E-state index contributed by atoms with van der Waals surface area (Å²) in [6.45, 7) is -0.148. The molecule has 0 bridgehead atoms. The van der Waals surface area contributed by atoms with Crippen LogP contribution in [-0.4, -0.2) is 26.8 Å². The van der Waals surface area contributed by atoms with Gasteiger partial charge in [-0.25, -0.2) is 4.79 Å². The van der Waals surface area contributed by atoms with E-state index in [-0.39, 0.29) is 18.2 Å². The van der Waals surface area contributed by atoms with Crippen molar-refractivity contribution < 1.29 is 32.8 Å². The van der Waals surface area contributed by atoms with E-state index >= 15 is 0 Å². The summed E-state index contributed by atoms with van der Waals surface area (Å²) in [6, 6.07) is 9.03. The molecule has 0 saturated heterocycles. The molecule has 0 aliphatic heterocycles. The smallest absolute Gasteiger partial charge is 0.416 e. The summed E-state index contributed by atoms with van der Waals surface area (Å²) in [6.07, 6.45) is -1.37.